The lowest BCUT2D eigenvalue weighted by atomic mass is 10.0. The maximum atomic E-state index is 12.4. The van der Waals surface area contributed by atoms with Gasteiger partial charge in [-0.05, 0) is 58.9 Å². The number of piperidine rings is 1. The highest BCUT2D eigenvalue weighted by Crippen LogP contribution is 2.26. The van der Waals surface area contributed by atoms with Crippen LogP contribution >= 0.6 is 0 Å². The fourth-order valence-electron chi connectivity index (χ4n) is 3.05. The van der Waals surface area contributed by atoms with Crippen LogP contribution in [0.1, 0.15) is 58.8 Å². The zero-order valence-electron chi connectivity index (χ0n) is 12.3. The first-order valence-electron chi connectivity index (χ1n) is 7.75. The van der Waals surface area contributed by atoms with Crippen LogP contribution in [0.25, 0.3) is 0 Å². The van der Waals surface area contributed by atoms with Crippen molar-refractivity contribution in [3.05, 3.63) is 0 Å². The quantitative estimate of drug-likeness (QED) is 0.730. The monoisotopic (exact) mass is 288 g/mol. The fourth-order valence-corrected chi connectivity index (χ4v) is 5.14. The molecular formula is C14H28N2O2S. The van der Waals surface area contributed by atoms with Crippen LogP contribution < -0.4 is 5.32 Å². The first kappa shape index (κ1) is 15.3. The smallest absolute Gasteiger partial charge is 0.214 e. The van der Waals surface area contributed by atoms with Gasteiger partial charge >= 0.3 is 0 Å². The molecule has 1 N–H and O–H groups in total. The van der Waals surface area contributed by atoms with Gasteiger partial charge in [-0.1, -0.05) is 6.42 Å². The highest BCUT2D eigenvalue weighted by molar-refractivity contribution is 7.89. The molecular weight excluding hydrogens is 260 g/mol. The van der Waals surface area contributed by atoms with E-state index in [0.29, 0.717) is 5.75 Å². The molecule has 0 spiro atoms. The van der Waals surface area contributed by atoms with Crippen molar-refractivity contribution in [2.75, 3.05) is 12.3 Å². The molecule has 4 nitrogen and oxygen atoms in total. The minimum Gasteiger partial charge on any atom is -0.314 e. The standard InChI is InChI=1S/C14H28N2O2S/c1-12-6-5-7-13(2)16(12)19(17,18)11-4-3-10-15-14-8-9-14/h12-15H,3-11H2,1-2H3/t12-,13+. The highest BCUT2D eigenvalue weighted by Gasteiger charge is 2.33. The average molecular weight is 288 g/mol. The maximum Gasteiger partial charge on any atom is 0.214 e. The Bertz CT molecular complexity index is 369. The summed E-state index contributed by atoms with van der Waals surface area (Å²) >= 11 is 0. The molecule has 0 bridgehead atoms. The Morgan fingerprint density at radius 2 is 1.68 bits per heavy atom. The van der Waals surface area contributed by atoms with Crippen LogP contribution in [0.5, 0.6) is 0 Å². The Labute approximate surface area is 118 Å². The van der Waals surface area contributed by atoms with Gasteiger partial charge in [-0.3, -0.25) is 0 Å². The molecule has 2 atom stereocenters. The summed E-state index contributed by atoms with van der Waals surface area (Å²) in [5, 5.41) is 3.43. The third-order valence-corrected chi connectivity index (χ3v) is 6.44. The molecule has 1 heterocycles. The van der Waals surface area contributed by atoms with E-state index in [0.717, 1.165) is 44.7 Å². The van der Waals surface area contributed by atoms with Crippen LogP contribution in [-0.2, 0) is 10.0 Å². The average Bonchev–Trinajstić information content (AvgIpc) is 3.11. The number of nitrogens with zero attached hydrogens (tertiary/aromatic N) is 1. The normalized spacial score (nSPS) is 29.6. The van der Waals surface area contributed by atoms with E-state index < -0.39 is 10.0 Å². The molecule has 2 aliphatic rings. The van der Waals surface area contributed by atoms with Crippen molar-refractivity contribution in [3.63, 3.8) is 0 Å². The van der Waals surface area contributed by atoms with E-state index in [1.807, 2.05) is 13.8 Å². The summed E-state index contributed by atoms with van der Waals surface area (Å²) in [6.07, 6.45) is 7.49. The van der Waals surface area contributed by atoms with Crippen LogP contribution in [0.4, 0.5) is 0 Å². The summed E-state index contributed by atoms with van der Waals surface area (Å²) in [6.45, 7) is 5.05. The van der Waals surface area contributed by atoms with Crippen molar-refractivity contribution in [2.24, 2.45) is 0 Å². The third-order valence-electron chi connectivity index (χ3n) is 4.27. The van der Waals surface area contributed by atoms with Crippen molar-refractivity contribution in [3.8, 4) is 0 Å². The van der Waals surface area contributed by atoms with Crippen molar-refractivity contribution >= 4 is 10.0 Å². The second kappa shape index (κ2) is 6.55. The van der Waals surface area contributed by atoms with E-state index in [1.165, 1.54) is 12.8 Å². The topological polar surface area (TPSA) is 49.4 Å². The predicted octanol–water partition coefficient (Wildman–Crippen LogP) is 2.11. The number of hydrogen-bond donors (Lipinski definition) is 1. The van der Waals surface area contributed by atoms with Gasteiger partial charge in [0.1, 0.15) is 0 Å². The van der Waals surface area contributed by atoms with Crippen LogP contribution in [-0.4, -0.2) is 43.1 Å². The lowest BCUT2D eigenvalue weighted by Crippen LogP contribution is -2.48. The second-order valence-corrected chi connectivity index (χ2v) is 8.20. The van der Waals surface area contributed by atoms with Crippen LogP contribution in [0.3, 0.4) is 0 Å². The third kappa shape index (κ3) is 4.43. The molecule has 5 heteroatoms. The molecule has 1 saturated carbocycles. The molecule has 19 heavy (non-hydrogen) atoms. The molecule has 1 saturated heterocycles. The van der Waals surface area contributed by atoms with Gasteiger partial charge in [0.15, 0.2) is 0 Å². The lowest BCUT2D eigenvalue weighted by Gasteiger charge is -2.37. The molecule has 0 amide bonds. The molecule has 0 radical (unpaired) electrons. The number of nitrogens with one attached hydrogen (secondary N) is 1. The van der Waals surface area contributed by atoms with Crippen molar-refractivity contribution in [2.45, 2.75) is 76.9 Å². The van der Waals surface area contributed by atoms with Crippen molar-refractivity contribution in [1.29, 1.82) is 0 Å². The van der Waals surface area contributed by atoms with Gasteiger partial charge < -0.3 is 5.32 Å². The first-order valence-corrected chi connectivity index (χ1v) is 9.36. The highest BCUT2D eigenvalue weighted by atomic mass is 32.2. The lowest BCUT2D eigenvalue weighted by molar-refractivity contribution is 0.204. The van der Waals surface area contributed by atoms with Crippen LogP contribution in [0, 0.1) is 0 Å². The molecule has 0 aromatic carbocycles. The number of unbranched alkanes of at least 4 members (excludes halogenated alkanes) is 1. The summed E-state index contributed by atoms with van der Waals surface area (Å²) in [7, 11) is -3.06. The Morgan fingerprint density at radius 3 is 2.26 bits per heavy atom. The maximum absolute atomic E-state index is 12.4. The molecule has 0 unspecified atom stereocenters. The first-order chi connectivity index (χ1) is 9.00. The minimum atomic E-state index is -3.06. The van der Waals surface area contributed by atoms with Crippen molar-refractivity contribution in [1.82, 2.24) is 9.62 Å². The van der Waals surface area contributed by atoms with Crippen LogP contribution in [0.15, 0.2) is 0 Å². The molecule has 1 aliphatic heterocycles. The fraction of sp³-hybridized carbons (Fsp3) is 1.00. The Hall–Kier alpha value is -0.130. The molecule has 2 fully saturated rings. The van der Waals surface area contributed by atoms with Gasteiger partial charge in [-0.15, -0.1) is 0 Å². The molecule has 2 rings (SSSR count). The zero-order valence-corrected chi connectivity index (χ0v) is 13.1. The van der Waals surface area contributed by atoms with E-state index >= 15 is 0 Å². The second-order valence-electron chi connectivity index (χ2n) is 6.21. The number of sulfonamides is 1. The van der Waals surface area contributed by atoms with Gasteiger partial charge in [-0.25, -0.2) is 8.42 Å². The van der Waals surface area contributed by atoms with E-state index in [4.69, 9.17) is 0 Å². The zero-order chi connectivity index (χ0) is 13.9. The number of hydrogen-bond acceptors (Lipinski definition) is 3. The van der Waals surface area contributed by atoms with Gasteiger partial charge in [0.2, 0.25) is 10.0 Å². The largest absolute Gasteiger partial charge is 0.314 e. The van der Waals surface area contributed by atoms with E-state index in [9.17, 15) is 8.42 Å². The summed E-state index contributed by atoms with van der Waals surface area (Å²) < 4.78 is 26.6. The molecule has 0 aromatic rings. The van der Waals surface area contributed by atoms with Gasteiger partial charge in [0.05, 0.1) is 5.75 Å². The van der Waals surface area contributed by atoms with Gasteiger partial charge in [0, 0.05) is 18.1 Å². The van der Waals surface area contributed by atoms with Crippen LogP contribution in [0.2, 0.25) is 0 Å². The van der Waals surface area contributed by atoms with E-state index in [-0.39, 0.29) is 12.1 Å². The predicted molar refractivity (Wildman–Crippen MR) is 78.7 cm³/mol. The summed E-state index contributed by atoms with van der Waals surface area (Å²) in [4.78, 5) is 0. The Balaban J connectivity index is 1.75. The molecule has 112 valence electrons. The molecule has 1 aliphatic carbocycles. The van der Waals surface area contributed by atoms with E-state index in [1.54, 1.807) is 4.31 Å². The Kier molecular flexibility index (Phi) is 5.26. The van der Waals surface area contributed by atoms with E-state index in [2.05, 4.69) is 5.32 Å². The van der Waals surface area contributed by atoms with Gasteiger partial charge in [0.25, 0.3) is 0 Å². The number of rotatable bonds is 7. The summed E-state index contributed by atoms with van der Waals surface area (Å²) in [5.41, 5.74) is 0. The summed E-state index contributed by atoms with van der Waals surface area (Å²) in [5.74, 6) is 0.314. The van der Waals surface area contributed by atoms with Gasteiger partial charge in [-0.2, -0.15) is 4.31 Å². The SMILES string of the molecule is C[C@@H]1CCC[C@H](C)N1S(=O)(=O)CCCCNC1CC1. The minimum absolute atomic E-state index is 0.179. The summed E-state index contributed by atoms with van der Waals surface area (Å²) in [6, 6.07) is 1.08. The Morgan fingerprint density at radius 1 is 1.05 bits per heavy atom. The molecule has 0 aromatic heterocycles. The van der Waals surface area contributed by atoms with Crippen molar-refractivity contribution < 1.29 is 8.42 Å².